The zero-order valence-corrected chi connectivity index (χ0v) is 32.7. The Balaban J connectivity index is 1.22. The molecule has 54 heavy (non-hydrogen) atoms. The first-order valence-electron chi connectivity index (χ1n) is 19.6. The second kappa shape index (κ2) is 22.1. The average Bonchev–Trinajstić information content (AvgIpc) is 3.71. The smallest absolute Gasteiger partial charge is 0.459 e. The minimum Gasteiger partial charge on any atom is -0.465 e. The number of unbranched alkanes of at least 4 members (excludes halogenated alkanes) is 15. The molecule has 1 aliphatic rings. The number of ether oxygens (including phenoxy) is 2. The number of benzene rings is 1. The van der Waals surface area contributed by atoms with E-state index in [0.717, 1.165) is 19.3 Å². The molecule has 2 aromatic heterocycles. The molecule has 14 nitrogen and oxygen atoms in total. The molecule has 0 saturated carbocycles. The number of nitrogens with two attached hydrogens (primary N) is 1. The number of para-hydroxylation sites is 1. The van der Waals surface area contributed by atoms with Crippen LogP contribution in [0.2, 0.25) is 0 Å². The molecule has 0 amide bonds. The summed E-state index contributed by atoms with van der Waals surface area (Å²) in [6, 6.07) is 12.1. The number of nitriles is 1. The van der Waals surface area contributed by atoms with E-state index in [2.05, 4.69) is 22.1 Å². The van der Waals surface area contributed by atoms with Crippen molar-refractivity contribution in [1.29, 1.82) is 5.26 Å². The molecule has 1 saturated heterocycles. The van der Waals surface area contributed by atoms with Crippen LogP contribution in [0, 0.1) is 11.3 Å². The van der Waals surface area contributed by atoms with Crippen molar-refractivity contribution in [3.05, 3.63) is 54.5 Å². The average molecular weight is 771 g/mol. The summed E-state index contributed by atoms with van der Waals surface area (Å²) in [5, 5.41) is 39.0. The molecule has 1 aliphatic heterocycles. The molecule has 1 unspecified atom stereocenters. The number of esters is 1. The van der Waals surface area contributed by atoms with Gasteiger partial charge < -0.3 is 29.9 Å². The molecule has 3 aromatic rings. The van der Waals surface area contributed by atoms with E-state index in [0.29, 0.717) is 17.6 Å². The van der Waals surface area contributed by atoms with Crippen LogP contribution in [0.25, 0.3) is 5.52 Å². The van der Waals surface area contributed by atoms with Gasteiger partial charge in [0.2, 0.25) is 5.60 Å². The van der Waals surface area contributed by atoms with Crippen LogP contribution in [0.5, 0.6) is 5.75 Å². The van der Waals surface area contributed by atoms with E-state index in [1.54, 1.807) is 42.5 Å². The number of nitrogen functional groups attached to an aromatic ring is 1. The van der Waals surface area contributed by atoms with Crippen molar-refractivity contribution < 1.29 is 38.1 Å². The van der Waals surface area contributed by atoms with E-state index < -0.39 is 50.3 Å². The number of hydrogen-bond donors (Lipinski definition) is 4. The SMILES string of the molecule is CCCCCCCCCCCCCCCCCCOC(=O)[C@H](C)NP(=O)(OC[C@@]1(C#N)O[C@@H](c2ccc3c(N)ncnn23)[C@H](O)[C@@H]1O)Oc1ccccc1. The lowest BCUT2D eigenvalue weighted by Gasteiger charge is -2.28. The molecule has 0 radical (unpaired) electrons. The molecule has 298 valence electrons. The van der Waals surface area contributed by atoms with Gasteiger partial charge in [-0.2, -0.15) is 15.4 Å². The van der Waals surface area contributed by atoms with Crippen LogP contribution in [0.15, 0.2) is 48.8 Å². The molecule has 6 atom stereocenters. The fraction of sp³-hybridized carbons (Fsp3) is 0.641. The number of carbonyl (C=O) groups is 1. The summed E-state index contributed by atoms with van der Waals surface area (Å²) in [5.41, 5.74) is 4.49. The van der Waals surface area contributed by atoms with E-state index in [4.69, 9.17) is 24.3 Å². The third-order valence-electron chi connectivity index (χ3n) is 9.81. The van der Waals surface area contributed by atoms with Gasteiger partial charge in [-0.25, -0.2) is 14.1 Å². The zero-order chi connectivity index (χ0) is 38.8. The number of hydrogen-bond acceptors (Lipinski definition) is 12. The van der Waals surface area contributed by atoms with Crippen molar-refractivity contribution >= 4 is 25.1 Å². The van der Waals surface area contributed by atoms with Gasteiger partial charge in [-0.3, -0.25) is 9.32 Å². The Morgan fingerprint density at radius 3 is 2.17 bits per heavy atom. The lowest BCUT2D eigenvalue weighted by molar-refractivity contribution is -0.145. The number of rotatable bonds is 26. The highest BCUT2D eigenvalue weighted by Crippen LogP contribution is 2.48. The van der Waals surface area contributed by atoms with E-state index in [1.165, 1.54) is 94.8 Å². The summed E-state index contributed by atoms with van der Waals surface area (Å²) in [5.74, 6) is -0.307. The minimum atomic E-state index is -4.43. The Morgan fingerprint density at radius 2 is 1.57 bits per heavy atom. The van der Waals surface area contributed by atoms with Gasteiger partial charge in [0.15, 0.2) is 5.82 Å². The summed E-state index contributed by atoms with van der Waals surface area (Å²) in [6.45, 7) is 3.14. The van der Waals surface area contributed by atoms with E-state index >= 15 is 0 Å². The molecule has 3 heterocycles. The van der Waals surface area contributed by atoms with E-state index in [-0.39, 0.29) is 18.2 Å². The second-order valence-electron chi connectivity index (χ2n) is 14.2. The van der Waals surface area contributed by atoms with Crippen molar-refractivity contribution in [2.75, 3.05) is 18.9 Å². The molecule has 4 rings (SSSR count). The zero-order valence-electron chi connectivity index (χ0n) is 31.8. The lowest BCUT2D eigenvalue weighted by Crippen LogP contribution is -2.46. The number of carbonyl (C=O) groups excluding carboxylic acids is 1. The Kier molecular flexibility index (Phi) is 17.7. The highest BCUT2D eigenvalue weighted by molar-refractivity contribution is 7.52. The maximum atomic E-state index is 14.1. The van der Waals surface area contributed by atoms with Gasteiger partial charge in [0.05, 0.1) is 12.3 Å². The van der Waals surface area contributed by atoms with Crippen LogP contribution >= 0.6 is 7.75 Å². The molecule has 1 fully saturated rings. The summed E-state index contributed by atoms with van der Waals surface area (Å²) in [4.78, 5) is 16.9. The van der Waals surface area contributed by atoms with Gasteiger partial charge in [-0.15, -0.1) is 0 Å². The first-order valence-corrected chi connectivity index (χ1v) is 21.1. The Bertz CT molecular complexity index is 1650. The molecule has 0 spiro atoms. The minimum absolute atomic E-state index is 0.163. The van der Waals surface area contributed by atoms with Gasteiger partial charge in [0.25, 0.3) is 0 Å². The molecule has 0 aliphatic carbocycles. The van der Waals surface area contributed by atoms with Crippen LogP contribution in [0.1, 0.15) is 128 Å². The van der Waals surface area contributed by atoms with Crippen LogP contribution < -0.4 is 15.3 Å². The summed E-state index contributed by atoms with van der Waals surface area (Å²) in [7, 11) is -4.43. The Hall–Kier alpha value is -3.57. The van der Waals surface area contributed by atoms with Crippen LogP contribution in [0.3, 0.4) is 0 Å². The van der Waals surface area contributed by atoms with E-state index in [1.807, 2.05) is 6.07 Å². The first-order chi connectivity index (χ1) is 26.1. The van der Waals surface area contributed by atoms with Crippen LogP contribution in [-0.4, -0.2) is 67.8 Å². The van der Waals surface area contributed by atoms with Crippen molar-refractivity contribution in [3.8, 4) is 11.8 Å². The number of nitrogens with one attached hydrogen (secondary N) is 1. The highest BCUT2D eigenvalue weighted by atomic mass is 31.2. The summed E-state index contributed by atoms with van der Waals surface area (Å²) in [6.07, 6.45) is 16.5. The Labute approximate surface area is 319 Å². The molecule has 5 N–H and O–H groups in total. The standard InChI is InChI=1S/C39H59N6O8P/c1-3-4-5-6-7-8-9-10-11-12-13-14-15-16-17-21-26-50-38(48)30(2)44-54(49,53-31-22-19-18-20-23-31)51-28-39(27-40)36(47)34(46)35(52-39)32-24-25-33-37(41)42-29-43-45(32)33/h18-20,22-25,29-30,34-36,46-47H,3-17,21,26,28H2,1-2H3,(H,44,49)(H2,41,42,43)/t30-,34-,35-,36-,39+,54?/m0/s1. The summed E-state index contributed by atoms with van der Waals surface area (Å²) >= 11 is 0. The monoisotopic (exact) mass is 770 g/mol. The van der Waals surface area contributed by atoms with Gasteiger partial charge in [-0.1, -0.05) is 121 Å². The van der Waals surface area contributed by atoms with E-state index in [9.17, 15) is 24.8 Å². The molecular formula is C39H59N6O8P. The molecule has 0 bridgehead atoms. The van der Waals surface area contributed by atoms with Crippen molar-refractivity contribution in [2.24, 2.45) is 0 Å². The predicted molar refractivity (Wildman–Crippen MR) is 205 cm³/mol. The third kappa shape index (κ3) is 12.5. The van der Waals surface area contributed by atoms with Crippen LogP contribution in [-0.2, 0) is 23.4 Å². The number of anilines is 1. The maximum Gasteiger partial charge on any atom is 0.459 e. The number of aliphatic hydroxyl groups is 2. The van der Waals surface area contributed by atoms with Crippen molar-refractivity contribution in [2.45, 2.75) is 147 Å². The van der Waals surface area contributed by atoms with Gasteiger partial charge in [0, 0.05) is 0 Å². The van der Waals surface area contributed by atoms with Crippen molar-refractivity contribution in [3.63, 3.8) is 0 Å². The van der Waals surface area contributed by atoms with Gasteiger partial charge in [0.1, 0.15) is 54.6 Å². The normalized spacial score (nSPS) is 21.4. The number of nitrogens with zero attached hydrogens (tertiary/aromatic N) is 4. The summed E-state index contributed by atoms with van der Waals surface area (Å²) < 4.78 is 38.4. The van der Waals surface area contributed by atoms with Gasteiger partial charge >= 0.3 is 13.7 Å². The Morgan fingerprint density at radius 1 is 0.981 bits per heavy atom. The molecule has 1 aromatic carbocycles. The van der Waals surface area contributed by atoms with Gasteiger partial charge in [-0.05, 0) is 37.6 Å². The topological polar surface area (TPSA) is 204 Å². The fourth-order valence-corrected chi connectivity index (χ4v) is 8.12. The lowest BCUT2D eigenvalue weighted by atomic mass is 9.96. The van der Waals surface area contributed by atoms with Crippen molar-refractivity contribution in [1.82, 2.24) is 19.7 Å². The second-order valence-corrected chi connectivity index (χ2v) is 15.9. The predicted octanol–water partition coefficient (Wildman–Crippen LogP) is 7.35. The third-order valence-corrected chi connectivity index (χ3v) is 11.4. The van der Waals surface area contributed by atoms with Crippen LogP contribution in [0.4, 0.5) is 5.82 Å². The first kappa shape index (κ1) is 43.2. The number of aromatic nitrogens is 3. The fourth-order valence-electron chi connectivity index (χ4n) is 6.60. The number of aliphatic hydroxyl groups excluding tert-OH is 2. The quantitative estimate of drug-likeness (QED) is 0.0359. The molecular weight excluding hydrogens is 711 g/mol. The molecule has 15 heteroatoms. The largest absolute Gasteiger partial charge is 0.465 e. The number of fused-ring (bicyclic) bond motifs is 1. The maximum absolute atomic E-state index is 14.1. The highest BCUT2D eigenvalue weighted by Gasteiger charge is 2.57.